The molecule has 4 aromatic carbocycles. The van der Waals surface area contributed by atoms with E-state index in [9.17, 15) is 4.79 Å². The summed E-state index contributed by atoms with van der Waals surface area (Å²) in [6, 6.07) is 30.8. The fourth-order valence-corrected chi connectivity index (χ4v) is 8.01. The number of rotatable bonds is 6. The van der Waals surface area contributed by atoms with Gasteiger partial charge in [0.1, 0.15) is 5.00 Å². The van der Waals surface area contributed by atoms with Gasteiger partial charge in [0.2, 0.25) is 0 Å². The number of amides is 1. The molecule has 1 aliphatic carbocycles. The van der Waals surface area contributed by atoms with Crippen molar-refractivity contribution in [1.29, 1.82) is 0 Å². The van der Waals surface area contributed by atoms with Crippen LogP contribution in [0.1, 0.15) is 59.1 Å². The predicted molar refractivity (Wildman–Crippen MR) is 191 cm³/mol. The van der Waals surface area contributed by atoms with Crippen LogP contribution in [0.15, 0.2) is 102 Å². The van der Waals surface area contributed by atoms with Crippen molar-refractivity contribution in [3.8, 4) is 0 Å². The van der Waals surface area contributed by atoms with E-state index >= 15 is 0 Å². The van der Waals surface area contributed by atoms with Gasteiger partial charge >= 0.3 is 0 Å². The van der Waals surface area contributed by atoms with Crippen molar-refractivity contribution < 1.29 is 4.79 Å². The van der Waals surface area contributed by atoms with Crippen LogP contribution >= 0.6 is 22.9 Å². The summed E-state index contributed by atoms with van der Waals surface area (Å²) in [7, 11) is 0. The molecule has 2 heterocycles. The van der Waals surface area contributed by atoms with Crippen LogP contribution in [0.3, 0.4) is 0 Å². The quantitative estimate of drug-likeness (QED) is 0.183. The topological polar surface area (TPSA) is 46.4 Å². The number of nitrogens with one attached hydrogen (secondary N) is 1. The fourth-order valence-electron chi connectivity index (χ4n) is 6.61. The standard InChI is InChI=1S/C39H36ClN3OS/c1-39(2,3)28-15-20-33-35(21-28)45-38(36(33)37(44)42-30-18-16-29(40)17-19-30)41-22-27-24-43(34-14-7-6-13-32(27)34)23-26-11-8-10-25-9-4-5-12-31(25)26/h4-14,16-19,22,24,28H,15,20-21,23H2,1-3H3,(H,42,44)/t28-/m0/s1. The highest BCUT2D eigenvalue weighted by atomic mass is 35.5. The number of halogens is 1. The van der Waals surface area contributed by atoms with Gasteiger partial charge in [0, 0.05) is 51.0 Å². The van der Waals surface area contributed by atoms with Crippen LogP contribution in [-0.4, -0.2) is 16.7 Å². The van der Waals surface area contributed by atoms with Crippen LogP contribution in [0.4, 0.5) is 10.7 Å². The molecular weight excluding hydrogens is 594 g/mol. The number of para-hydroxylation sites is 1. The lowest BCUT2D eigenvalue weighted by Gasteiger charge is -2.33. The maximum Gasteiger partial charge on any atom is 0.259 e. The largest absolute Gasteiger partial charge is 0.342 e. The SMILES string of the molecule is CC(C)(C)[C@H]1CCc2c(sc(N=Cc3cn(Cc4cccc5ccccc45)c4ccccc34)c2C(=O)Nc2ccc(Cl)cc2)C1. The van der Waals surface area contributed by atoms with E-state index in [0.29, 0.717) is 16.5 Å². The van der Waals surface area contributed by atoms with Gasteiger partial charge < -0.3 is 9.88 Å². The van der Waals surface area contributed by atoms with E-state index in [1.807, 2.05) is 18.3 Å². The van der Waals surface area contributed by atoms with Crippen LogP contribution < -0.4 is 5.32 Å². The van der Waals surface area contributed by atoms with Gasteiger partial charge in [-0.15, -0.1) is 11.3 Å². The van der Waals surface area contributed by atoms with Gasteiger partial charge in [-0.05, 0) is 82.8 Å². The Morgan fingerprint density at radius 2 is 1.71 bits per heavy atom. The Labute approximate surface area is 273 Å². The van der Waals surface area contributed by atoms with Gasteiger partial charge in [-0.3, -0.25) is 4.79 Å². The minimum Gasteiger partial charge on any atom is -0.342 e. The molecule has 226 valence electrons. The van der Waals surface area contributed by atoms with Crippen LogP contribution in [-0.2, 0) is 19.4 Å². The second kappa shape index (κ2) is 12.0. The number of anilines is 1. The average Bonchev–Trinajstić information content (AvgIpc) is 3.58. The van der Waals surface area contributed by atoms with Crippen molar-refractivity contribution in [2.75, 3.05) is 5.32 Å². The number of carbonyl (C=O) groups excluding carboxylic acids is 1. The zero-order valence-corrected chi connectivity index (χ0v) is 27.4. The Bertz CT molecular complexity index is 2060. The van der Waals surface area contributed by atoms with Gasteiger partial charge in [0.15, 0.2) is 0 Å². The minimum absolute atomic E-state index is 0.116. The van der Waals surface area contributed by atoms with Gasteiger partial charge in [0.05, 0.1) is 5.56 Å². The molecule has 1 atom stereocenters. The Balaban J connectivity index is 1.26. The predicted octanol–water partition coefficient (Wildman–Crippen LogP) is 10.7. The van der Waals surface area contributed by atoms with Crippen LogP contribution in [0.25, 0.3) is 21.7 Å². The highest BCUT2D eigenvalue weighted by Crippen LogP contribution is 2.45. The second-order valence-electron chi connectivity index (χ2n) is 13.1. The summed E-state index contributed by atoms with van der Waals surface area (Å²) in [6.07, 6.45) is 7.06. The lowest BCUT2D eigenvalue weighted by atomic mass is 9.72. The number of hydrogen-bond donors (Lipinski definition) is 1. The number of thiophene rings is 1. The first-order valence-electron chi connectivity index (χ1n) is 15.5. The summed E-state index contributed by atoms with van der Waals surface area (Å²) in [6.45, 7) is 7.71. The van der Waals surface area contributed by atoms with Gasteiger partial charge in [0.25, 0.3) is 5.91 Å². The summed E-state index contributed by atoms with van der Waals surface area (Å²) < 4.78 is 2.31. The first-order valence-corrected chi connectivity index (χ1v) is 16.7. The van der Waals surface area contributed by atoms with E-state index in [0.717, 1.165) is 58.5 Å². The highest BCUT2D eigenvalue weighted by Gasteiger charge is 2.33. The zero-order chi connectivity index (χ0) is 31.1. The van der Waals surface area contributed by atoms with Crippen LogP contribution in [0.2, 0.25) is 5.02 Å². The number of aromatic nitrogens is 1. The minimum atomic E-state index is -0.116. The lowest BCUT2D eigenvalue weighted by molar-refractivity contribution is 0.102. The van der Waals surface area contributed by atoms with E-state index in [1.165, 1.54) is 21.2 Å². The van der Waals surface area contributed by atoms with E-state index in [1.54, 1.807) is 23.5 Å². The molecule has 0 bridgehead atoms. The summed E-state index contributed by atoms with van der Waals surface area (Å²) in [5.74, 6) is 0.453. The van der Waals surface area contributed by atoms with Crippen molar-refractivity contribution in [2.45, 2.75) is 46.6 Å². The van der Waals surface area contributed by atoms with Gasteiger partial charge in [-0.2, -0.15) is 0 Å². The summed E-state index contributed by atoms with van der Waals surface area (Å²) in [4.78, 5) is 20.2. The van der Waals surface area contributed by atoms with Gasteiger partial charge in [-0.1, -0.05) is 93.0 Å². The smallest absolute Gasteiger partial charge is 0.259 e. The van der Waals surface area contributed by atoms with Crippen molar-refractivity contribution in [3.63, 3.8) is 0 Å². The first-order chi connectivity index (χ1) is 21.7. The molecule has 0 fully saturated rings. The molecule has 0 unspecified atom stereocenters. The molecule has 0 saturated heterocycles. The van der Waals surface area contributed by atoms with E-state index < -0.39 is 0 Å². The van der Waals surface area contributed by atoms with E-state index in [-0.39, 0.29) is 11.3 Å². The zero-order valence-electron chi connectivity index (χ0n) is 25.8. The Kier molecular flexibility index (Phi) is 7.84. The Hall–Kier alpha value is -4.19. The molecule has 4 nitrogen and oxygen atoms in total. The lowest BCUT2D eigenvalue weighted by Crippen LogP contribution is -2.27. The molecule has 0 radical (unpaired) electrons. The third kappa shape index (κ3) is 5.95. The molecule has 0 aliphatic heterocycles. The molecule has 6 aromatic rings. The maximum atomic E-state index is 13.9. The monoisotopic (exact) mass is 629 g/mol. The third-order valence-corrected chi connectivity index (χ3v) is 10.6. The summed E-state index contributed by atoms with van der Waals surface area (Å²) >= 11 is 7.77. The van der Waals surface area contributed by atoms with Crippen LogP contribution in [0.5, 0.6) is 0 Å². The number of hydrogen-bond acceptors (Lipinski definition) is 3. The maximum absolute atomic E-state index is 13.9. The molecule has 45 heavy (non-hydrogen) atoms. The Morgan fingerprint density at radius 1 is 0.978 bits per heavy atom. The Morgan fingerprint density at radius 3 is 2.51 bits per heavy atom. The van der Waals surface area contributed by atoms with Crippen molar-refractivity contribution in [3.05, 3.63) is 129 Å². The molecule has 6 heteroatoms. The van der Waals surface area contributed by atoms with Crippen molar-refractivity contribution in [1.82, 2.24) is 4.57 Å². The molecule has 0 spiro atoms. The fraction of sp³-hybridized carbons (Fsp3) is 0.231. The summed E-state index contributed by atoms with van der Waals surface area (Å²) in [5.41, 5.74) is 6.26. The first kappa shape index (κ1) is 29.5. The molecule has 1 amide bonds. The van der Waals surface area contributed by atoms with E-state index in [4.69, 9.17) is 16.6 Å². The second-order valence-corrected chi connectivity index (χ2v) is 14.6. The van der Waals surface area contributed by atoms with E-state index in [2.05, 4.69) is 104 Å². The number of aliphatic imine (C=N–C) groups is 1. The van der Waals surface area contributed by atoms with Crippen molar-refractivity contribution >= 4 is 67.4 Å². The summed E-state index contributed by atoms with van der Waals surface area (Å²) in [5, 5.41) is 8.17. The van der Waals surface area contributed by atoms with Crippen LogP contribution in [0, 0.1) is 11.3 Å². The molecule has 0 saturated carbocycles. The molecule has 7 rings (SSSR count). The molecular formula is C39H36ClN3OS. The number of nitrogens with zero attached hydrogens (tertiary/aromatic N) is 2. The average molecular weight is 630 g/mol. The number of carbonyl (C=O) groups is 1. The molecule has 2 aromatic heterocycles. The molecule has 1 aliphatic rings. The number of benzene rings is 4. The third-order valence-electron chi connectivity index (χ3n) is 9.16. The number of fused-ring (bicyclic) bond motifs is 3. The molecule has 1 N–H and O–H groups in total. The van der Waals surface area contributed by atoms with Crippen molar-refractivity contribution in [2.24, 2.45) is 16.3 Å². The highest BCUT2D eigenvalue weighted by molar-refractivity contribution is 7.16. The van der Waals surface area contributed by atoms with Gasteiger partial charge in [-0.25, -0.2) is 4.99 Å². The normalized spacial score (nSPS) is 15.2.